The monoisotopic (exact) mass is 513 g/mol. The fraction of sp³-hybridized carbons (Fsp3) is 0.258. The molecule has 1 amide bonds. The van der Waals surface area contributed by atoms with Crippen molar-refractivity contribution in [3.63, 3.8) is 0 Å². The van der Waals surface area contributed by atoms with Gasteiger partial charge in [-0.25, -0.2) is 4.79 Å². The summed E-state index contributed by atoms with van der Waals surface area (Å²) in [6.45, 7) is 9.50. The Kier molecular flexibility index (Phi) is 7.67. The van der Waals surface area contributed by atoms with Gasteiger partial charge in [-0.3, -0.25) is 14.5 Å². The lowest BCUT2D eigenvalue weighted by atomic mass is 9.92. The van der Waals surface area contributed by atoms with E-state index in [1.165, 1.54) is 11.0 Å². The van der Waals surface area contributed by atoms with E-state index in [4.69, 9.17) is 9.47 Å². The summed E-state index contributed by atoms with van der Waals surface area (Å²) in [7, 11) is 0. The van der Waals surface area contributed by atoms with Crippen LogP contribution in [0.2, 0.25) is 0 Å². The van der Waals surface area contributed by atoms with E-state index in [1.54, 1.807) is 43.3 Å². The van der Waals surface area contributed by atoms with E-state index < -0.39 is 23.7 Å². The van der Waals surface area contributed by atoms with Crippen molar-refractivity contribution in [2.45, 2.75) is 46.8 Å². The van der Waals surface area contributed by atoms with Gasteiger partial charge in [0.05, 0.1) is 29.9 Å². The Morgan fingerprint density at radius 3 is 2.34 bits per heavy atom. The summed E-state index contributed by atoms with van der Waals surface area (Å²) in [4.78, 5) is 40.7. The van der Waals surface area contributed by atoms with Gasteiger partial charge >= 0.3 is 5.97 Å². The molecular formula is C31H31NO6. The number of benzene rings is 3. The Balaban J connectivity index is 1.90. The molecule has 0 aliphatic carbocycles. The van der Waals surface area contributed by atoms with Crippen molar-refractivity contribution >= 4 is 29.1 Å². The first-order chi connectivity index (χ1) is 18.1. The summed E-state index contributed by atoms with van der Waals surface area (Å²) >= 11 is 0. The number of ether oxygens (including phenoxy) is 2. The van der Waals surface area contributed by atoms with Gasteiger partial charge in [-0.1, -0.05) is 30.3 Å². The van der Waals surface area contributed by atoms with Gasteiger partial charge in [0, 0.05) is 11.3 Å². The number of aliphatic hydroxyl groups is 1. The van der Waals surface area contributed by atoms with E-state index in [-0.39, 0.29) is 29.6 Å². The molecule has 0 radical (unpaired) electrons. The number of ketones is 1. The number of amides is 1. The molecule has 0 spiro atoms. The normalized spacial score (nSPS) is 16.7. The smallest absolute Gasteiger partial charge is 0.338 e. The highest BCUT2D eigenvalue weighted by Crippen LogP contribution is 2.43. The number of carbonyl (C=O) groups is 3. The van der Waals surface area contributed by atoms with Gasteiger partial charge in [-0.2, -0.15) is 0 Å². The molecule has 0 saturated carbocycles. The highest BCUT2D eigenvalue weighted by Gasteiger charge is 2.47. The number of carbonyl (C=O) groups excluding carboxylic acids is 3. The molecule has 1 fully saturated rings. The summed E-state index contributed by atoms with van der Waals surface area (Å²) in [5.41, 5.74) is 3.29. The number of rotatable bonds is 7. The van der Waals surface area contributed by atoms with Crippen molar-refractivity contribution in [2.75, 3.05) is 11.5 Å². The zero-order valence-corrected chi connectivity index (χ0v) is 22.1. The van der Waals surface area contributed by atoms with Gasteiger partial charge in [0.2, 0.25) is 0 Å². The minimum absolute atomic E-state index is 0.0232. The predicted molar refractivity (Wildman–Crippen MR) is 145 cm³/mol. The number of hydrogen-bond acceptors (Lipinski definition) is 6. The van der Waals surface area contributed by atoms with Crippen LogP contribution >= 0.6 is 0 Å². The number of Topliss-reactive ketones (excluding diaryl/α,β-unsaturated/α-hetero) is 1. The summed E-state index contributed by atoms with van der Waals surface area (Å²) in [5, 5.41) is 11.5. The molecular weight excluding hydrogens is 482 g/mol. The highest BCUT2D eigenvalue weighted by molar-refractivity contribution is 6.51. The van der Waals surface area contributed by atoms with Crippen molar-refractivity contribution in [3.05, 3.63) is 100 Å². The van der Waals surface area contributed by atoms with Crippen molar-refractivity contribution < 1.29 is 29.0 Å². The molecule has 3 aromatic rings. The molecule has 0 bridgehead atoms. The molecule has 1 atom stereocenters. The Labute approximate surface area is 222 Å². The van der Waals surface area contributed by atoms with Crippen LogP contribution < -0.4 is 9.64 Å². The fourth-order valence-electron chi connectivity index (χ4n) is 4.62. The van der Waals surface area contributed by atoms with Crippen LogP contribution in [-0.4, -0.2) is 35.5 Å². The second kappa shape index (κ2) is 10.9. The van der Waals surface area contributed by atoms with Gasteiger partial charge in [-0.15, -0.1) is 0 Å². The lowest BCUT2D eigenvalue weighted by molar-refractivity contribution is -0.132. The number of aliphatic hydroxyl groups excluding tert-OH is 1. The van der Waals surface area contributed by atoms with E-state index in [1.807, 2.05) is 52.0 Å². The van der Waals surface area contributed by atoms with E-state index in [0.717, 1.165) is 11.1 Å². The number of esters is 1. The number of hydrogen-bond donors (Lipinski definition) is 1. The quantitative estimate of drug-likeness (QED) is 0.183. The largest absolute Gasteiger partial charge is 0.507 e. The first kappa shape index (κ1) is 26.7. The van der Waals surface area contributed by atoms with Crippen LogP contribution in [0.5, 0.6) is 5.75 Å². The van der Waals surface area contributed by atoms with Gasteiger partial charge in [0.25, 0.3) is 11.7 Å². The second-order valence-electron chi connectivity index (χ2n) is 9.44. The Bertz CT molecular complexity index is 1440. The van der Waals surface area contributed by atoms with Crippen molar-refractivity contribution in [2.24, 2.45) is 0 Å². The third-order valence-electron chi connectivity index (χ3n) is 6.37. The number of aryl methyl sites for hydroxylation is 2. The molecule has 38 heavy (non-hydrogen) atoms. The van der Waals surface area contributed by atoms with Crippen LogP contribution in [0, 0.1) is 13.8 Å². The molecule has 1 saturated heterocycles. The second-order valence-corrected chi connectivity index (χ2v) is 9.44. The Hall–Kier alpha value is -4.39. The third-order valence-corrected chi connectivity index (χ3v) is 6.37. The van der Waals surface area contributed by atoms with Crippen molar-refractivity contribution in [3.8, 4) is 5.75 Å². The molecule has 1 heterocycles. The van der Waals surface area contributed by atoms with E-state index in [9.17, 15) is 19.5 Å². The molecule has 7 nitrogen and oxygen atoms in total. The molecule has 1 N–H and O–H groups in total. The summed E-state index contributed by atoms with van der Waals surface area (Å²) < 4.78 is 10.9. The topological polar surface area (TPSA) is 93.1 Å². The molecule has 3 aromatic carbocycles. The lowest BCUT2D eigenvalue weighted by Gasteiger charge is -2.27. The van der Waals surface area contributed by atoms with Crippen LogP contribution in [0.25, 0.3) is 5.76 Å². The standard InChI is InChI=1S/C31H31NO6/c1-6-37-31(36)22-11-9-12-23(17-22)32-27(24-13-8-7-10-19(24)4)26(29(34)30(32)35)28(33)21-14-15-25(20(5)16-21)38-18(2)3/h7-18,27,33H,6H2,1-5H3/b28-26+. The third kappa shape index (κ3) is 5.05. The Morgan fingerprint density at radius 2 is 1.68 bits per heavy atom. The molecule has 1 aliphatic heterocycles. The lowest BCUT2D eigenvalue weighted by Crippen LogP contribution is -2.30. The average molecular weight is 514 g/mol. The van der Waals surface area contributed by atoms with E-state index >= 15 is 0 Å². The number of anilines is 1. The van der Waals surface area contributed by atoms with Crippen LogP contribution in [0.3, 0.4) is 0 Å². The minimum atomic E-state index is -0.902. The zero-order chi connectivity index (χ0) is 27.6. The van der Waals surface area contributed by atoms with Crippen LogP contribution in [0.1, 0.15) is 59.4 Å². The molecule has 1 aliphatic rings. The molecule has 1 unspecified atom stereocenters. The van der Waals surface area contributed by atoms with Crippen molar-refractivity contribution in [1.82, 2.24) is 0 Å². The van der Waals surface area contributed by atoms with Gasteiger partial charge in [0.1, 0.15) is 11.5 Å². The van der Waals surface area contributed by atoms with Gasteiger partial charge in [0.15, 0.2) is 0 Å². The minimum Gasteiger partial charge on any atom is -0.507 e. The van der Waals surface area contributed by atoms with E-state index in [2.05, 4.69) is 0 Å². The maximum absolute atomic E-state index is 13.5. The summed E-state index contributed by atoms with van der Waals surface area (Å²) in [6, 6.07) is 18.0. The molecule has 0 aromatic heterocycles. The maximum atomic E-state index is 13.5. The van der Waals surface area contributed by atoms with Crippen LogP contribution in [-0.2, 0) is 14.3 Å². The van der Waals surface area contributed by atoms with Crippen molar-refractivity contribution in [1.29, 1.82) is 0 Å². The molecule has 4 rings (SSSR count). The Morgan fingerprint density at radius 1 is 0.947 bits per heavy atom. The first-order valence-corrected chi connectivity index (χ1v) is 12.5. The highest BCUT2D eigenvalue weighted by atomic mass is 16.5. The number of nitrogens with zero attached hydrogens (tertiary/aromatic N) is 1. The van der Waals surface area contributed by atoms with Crippen LogP contribution in [0.15, 0.2) is 72.3 Å². The first-order valence-electron chi connectivity index (χ1n) is 12.5. The van der Waals surface area contributed by atoms with E-state index in [0.29, 0.717) is 22.6 Å². The van der Waals surface area contributed by atoms with Gasteiger partial charge in [-0.05, 0) is 87.7 Å². The van der Waals surface area contributed by atoms with Crippen LogP contribution in [0.4, 0.5) is 5.69 Å². The zero-order valence-electron chi connectivity index (χ0n) is 22.1. The predicted octanol–water partition coefficient (Wildman–Crippen LogP) is 5.89. The molecule has 7 heteroatoms. The van der Waals surface area contributed by atoms with Gasteiger partial charge < -0.3 is 14.6 Å². The summed E-state index contributed by atoms with van der Waals surface area (Å²) in [6.07, 6.45) is -0.0232. The molecule has 196 valence electrons. The maximum Gasteiger partial charge on any atom is 0.338 e. The fourth-order valence-corrected chi connectivity index (χ4v) is 4.62. The average Bonchev–Trinajstić information content (AvgIpc) is 3.15. The summed E-state index contributed by atoms with van der Waals surface area (Å²) in [5.74, 6) is -1.74. The SMILES string of the molecule is CCOC(=O)c1cccc(N2C(=O)C(=O)/C(=C(/O)c3ccc(OC(C)C)c(C)c3)C2c2ccccc2C)c1.